The average molecular weight is 286 g/mol. The number of nitrogens with zero attached hydrogens (tertiary/aromatic N) is 3. The average Bonchev–Trinajstić information content (AvgIpc) is 3.17. The highest BCUT2D eigenvalue weighted by atomic mass is 16.5. The van der Waals surface area contributed by atoms with Gasteiger partial charge in [-0.15, -0.1) is 0 Å². The Morgan fingerprint density at radius 1 is 1.38 bits per heavy atom. The normalized spacial score (nSPS) is 14.3. The second kappa shape index (κ2) is 6.72. The van der Waals surface area contributed by atoms with Crippen molar-refractivity contribution in [3.8, 4) is 5.75 Å². The van der Waals surface area contributed by atoms with E-state index in [1.54, 1.807) is 6.20 Å². The van der Waals surface area contributed by atoms with Gasteiger partial charge in [-0.25, -0.2) is 4.98 Å². The first-order valence-electron chi connectivity index (χ1n) is 7.60. The fourth-order valence-electron chi connectivity index (χ4n) is 2.23. The first-order valence-corrected chi connectivity index (χ1v) is 7.60. The van der Waals surface area contributed by atoms with E-state index in [1.165, 1.54) is 12.8 Å². The second-order valence-corrected chi connectivity index (χ2v) is 5.56. The zero-order valence-electron chi connectivity index (χ0n) is 12.5. The van der Waals surface area contributed by atoms with Crippen LogP contribution in [0, 0.1) is 6.92 Å². The SMILES string of the molecule is Cc1ccc(OCCCn2ccnc2)c(CNC2CC2)n1. The van der Waals surface area contributed by atoms with Crippen molar-refractivity contribution in [2.75, 3.05) is 6.61 Å². The lowest BCUT2D eigenvalue weighted by molar-refractivity contribution is 0.296. The van der Waals surface area contributed by atoms with Crippen molar-refractivity contribution in [3.05, 3.63) is 42.2 Å². The van der Waals surface area contributed by atoms with Crippen molar-refractivity contribution in [1.29, 1.82) is 0 Å². The van der Waals surface area contributed by atoms with Gasteiger partial charge in [0.2, 0.25) is 0 Å². The third-order valence-electron chi connectivity index (χ3n) is 3.58. The predicted octanol–water partition coefficient (Wildman–Crippen LogP) is 2.31. The molecule has 1 aliphatic carbocycles. The van der Waals surface area contributed by atoms with Gasteiger partial charge in [-0.05, 0) is 38.3 Å². The van der Waals surface area contributed by atoms with E-state index < -0.39 is 0 Å². The van der Waals surface area contributed by atoms with Crippen molar-refractivity contribution >= 4 is 0 Å². The highest BCUT2D eigenvalue weighted by molar-refractivity contribution is 5.29. The van der Waals surface area contributed by atoms with Crippen molar-refractivity contribution in [2.24, 2.45) is 0 Å². The lowest BCUT2D eigenvalue weighted by atomic mass is 10.2. The maximum Gasteiger partial charge on any atom is 0.142 e. The van der Waals surface area contributed by atoms with Gasteiger partial charge in [-0.3, -0.25) is 4.98 Å². The third-order valence-corrected chi connectivity index (χ3v) is 3.58. The molecule has 0 spiro atoms. The summed E-state index contributed by atoms with van der Waals surface area (Å²) in [5.74, 6) is 0.902. The third kappa shape index (κ3) is 4.29. The Bertz CT molecular complexity index is 564. The molecule has 2 heterocycles. The van der Waals surface area contributed by atoms with E-state index >= 15 is 0 Å². The van der Waals surface area contributed by atoms with Gasteiger partial charge in [-0.1, -0.05) is 0 Å². The summed E-state index contributed by atoms with van der Waals surface area (Å²) in [5.41, 5.74) is 2.05. The molecular weight excluding hydrogens is 264 g/mol. The molecule has 0 aliphatic heterocycles. The monoisotopic (exact) mass is 286 g/mol. The summed E-state index contributed by atoms with van der Waals surface area (Å²) in [6.07, 6.45) is 9.13. The number of ether oxygens (including phenoxy) is 1. The first-order chi connectivity index (χ1) is 10.3. The van der Waals surface area contributed by atoms with Crippen LogP contribution in [-0.4, -0.2) is 27.2 Å². The van der Waals surface area contributed by atoms with E-state index in [2.05, 4.69) is 19.9 Å². The minimum absolute atomic E-state index is 0.682. The molecule has 2 aromatic heterocycles. The van der Waals surface area contributed by atoms with Gasteiger partial charge in [0.25, 0.3) is 0 Å². The Hall–Kier alpha value is -1.88. The van der Waals surface area contributed by atoms with Crippen molar-refractivity contribution in [1.82, 2.24) is 19.9 Å². The van der Waals surface area contributed by atoms with Crippen LogP contribution < -0.4 is 10.1 Å². The van der Waals surface area contributed by atoms with Gasteiger partial charge in [0.1, 0.15) is 5.75 Å². The van der Waals surface area contributed by atoms with Crippen LogP contribution in [0.2, 0.25) is 0 Å². The van der Waals surface area contributed by atoms with Gasteiger partial charge < -0.3 is 14.6 Å². The van der Waals surface area contributed by atoms with Gasteiger partial charge in [0.05, 0.1) is 18.6 Å². The molecule has 2 aromatic rings. The van der Waals surface area contributed by atoms with E-state index in [9.17, 15) is 0 Å². The summed E-state index contributed by atoms with van der Waals surface area (Å²) in [6, 6.07) is 4.72. The Labute approximate surface area is 125 Å². The highest BCUT2D eigenvalue weighted by Gasteiger charge is 2.21. The fraction of sp³-hybridized carbons (Fsp3) is 0.500. The largest absolute Gasteiger partial charge is 0.492 e. The zero-order chi connectivity index (χ0) is 14.5. The second-order valence-electron chi connectivity index (χ2n) is 5.56. The summed E-state index contributed by atoms with van der Waals surface area (Å²) in [4.78, 5) is 8.63. The standard InChI is InChI=1S/C16H22N4O/c1-13-3-6-16(15(19-13)11-18-14-4-5-14)21-10-2-8-20-9-7-17-12-20/h3,6-7,9,12,14,18H,2,4-5,8,10-11H2,1H3. The van der Waals surface area contributed by atoms with Gasteiger partial charge in [0.15, 0.2) is 0 Å². The first kappa shape index (κ1) is 14.1. The molecule has 5 nitrogen and oxygen atoms in total. The van der Waals surface area contributed by atoms with Gasteiger partial charge >= 0.3 is 0 Å². The molecule has 1 N–H and O–H groups in total. The number of aryl methyl sites for hydroxylation is 2. The molecular formula is C16H22N4O. The van der Waals surface area contributed by atoms with Crippen LogP contribution in [0.4, 0.5) is 0 Å². The molecule has 112 valence electrons. The Kier molecular flexibility index (Phi) is 4.50. The summed E-state index contributed by atoms with van der Waals surface area (Å²) >= 11 is 0. The van der Waals surface area contributed by atoms with Crippen LogP contribution >= 0.6 is 0 Å². The summed E-state index contributed by atoms with van der Waals surface area (Å²) in [5, 5.41) is 3.50. The molecule has 1 aliphatic rings. The van der Waals surface area contributed by atoms with E-state index in [0.717, 1.165) is 36.6 Å². The minimum atomic E-state index is 0.682. The number of imidazole rings is 1. The maximum absolute atomic E-state index is 5.91. The van der Waals surface area contributed by atoms with Crippen molar-refractivity contribution < 1.29 is 4.74 Å². The molecule has 5 heteroatoms. The summed E-state index contributed by atoms with van der Waals surface area (Å²) in [7, 11) is 0. The molecule has 0 amide bonds. The highest BCUT2D eigenvalue weighted by Crippen LogP contribution is 2.22. The molecule has 0 aromatic carbocycles. The zero-order valence-corrected chi connectivity index (χ0v) is 12.5. The Morgan fingerprint density at radius 2 is 2.29 bits per heavy atom. The fourth-order valence-corrected chi connectivity index (χ4v) is 2.23. The molecule has 1 fully saturated rings. The molecule has 1 saturated carbocycles. The van der Waals surface area contributed by atoms with Crippen LogP contribution in [0.3, 0.4) is 0 Å². The summed E-state index contributed by atoms with van der Waals surface area (Å²) < 4.78 is 7.97. The number of hydrogen-bond acceptors (Lipinski definition) is 4. The molecule has 21 heavy (non-hydrogen) atoms. The molecule has 0 atom stereocenters. The van der Waals surface area contributed by atoms with E-state index in [4.69, 9.17) is 4.74 Å². The lowest BCUT2D eigenvalue weighted by Gasteiger charge is -2.12. The lowest BCUT2D eigenvalue weighted by Crippen LogP contribution is -2.17. The van der Waals surface area contributed by atoms with Crippen LogP contribution in [0.15, 0.2) is 30.9 Å². The summed E-state index contributed by atoms with van der Waals surface area (Å²) in [6.45, 7) is 4.43. The molecule has 0 bridgehead atoms. The van der Waals surface area contributed by atoms with Crippen LogP contribution in [0.25, 0.3) is 0 Å². The van der Waals surface area contributed by atoms with Crippen LogP contribution in [-0.2, 0) is 13.1 Å². The van der Waals surface area contributed by atoms with E-state index in [-0.39, 0.29) is 0 Å². The minimum Gasteiger partial charge on any atom is -0.492 e. The Balaban J connectivity index is 1.50. The molecule has 0 saturated heterocycles. The number of rotatable bonds is 8. The molecule has 0 radical (unpaired) electrons. The van der Waals surface area contributed by atoms with E-state index in [0.29, 0.717) is 12.6 Å². The number of nitrogens with one attached hydrogen (secondary N) is 1. The Morgan fingerprint density at radius 3 is 3.05 bits per heavy atom. The van der Waals surface area contributed by atoms with E-state index in [1.807, 2.05) is 31.6 Å². The van der Waals surface area contributed by atoms with Crippen LogP contribution in [0.1, 0.15) is 30.7 Å². The van der Waals surface area contributed by atoms with Gasteiger partial charge in [0, 0.05) is 37.2 Å². The van der Waals surface area contributed by atoms with Crippen LogP contribution in [0.5, 0.6) is 5.75 Å². The van der Waals surface area contributed by atoms with Crippen molar-refractivity contribution in [3.63, 3.8) is 0 Å². The number of aromatic nitrogens is 3. The molecule has 0 unspecified atom stereocenters. The smallest absolute Gasteiger partial charge is 0.142 e. The molecule has 3 rings (SSSR count). The maximum atomic E-state index is 5.91. The predicted molar refractivity (Wildman–Crippen MR) is 81.2 cm³/mol. The topological polar surface area (TPSA) is 52.0 Å². The number of pyridine rings is 1. The van der Waals surface area contributed by atoms with Gasteiger partial charge in [-0.2, -0.15) is 0 Å². The number of hydrogen-bond donors (Lipinski definition) is 1. The quantitative estimate of drug-likeness (QED) is 0.757. The van der Waals surface area contributed by atoms with Crippen molar-refractivity contribution in [2.45, 2.75) is 45.3 Å².